The Balaban J connectivity index is 1.24. The van der Waals surface area contributed by atoms with E-state index in [2.05, 4.69) is 52.1 Å². The normalized spacial score (nSPS) is 21.8. The van der Waals surface area contributed by atoms with Crippen LogP contribution in [0.3, 0.4) is 0 Å². The van der Waals surface area contributed by atoms with Crippen LogP contribution in [-0.4, -0.2) is 34.6 Å². The largest absolute Gasteiger partial charge is 0.490 e. The van der Waals surface area contributed by atoms with Gasteiger partial charge in [0.15, 0.2) is 0 Å². The van der Waals surface area contributed by atoms with Crippen LogP contribution in [0.4, 0.5) is 0 Å². The highest BCUT2D eigenvalue weighted by Crippen LogP contribution is 2.36. The van der Waals surface area contributed by atoms with Gasteiger partial charge in [-0.25, -0.2) is 0 Å². The molecule has 1 amide bonds. The summed E-state index contributed by atoms with van der Waals surface area (Å²) < 4.78 is 8.88. The highest BCUT2D eigenvalue weighted by molar-refractivity contribution is 5.86. The summed E-state index contributed by atoms with van der Waals surface area (Å²) in [5.41, 5.74) is 1.30. The van der Waals surface area contributed by atoms with Crippen LogP contribution in [0.15, 0.2) is 42.6 Å². The number of hydrogen-bond donors (Lipinski definition) is 0. The number of amides is 1. The second-order valence-corrected chi connectivity index (χ2v) is 8.63. The van der Waals surface area contributed by atoms with E-state index < -0.39 is 0 Å². The van der Waals surface area contributed by atoms with Crippen LogP contribution in [0.5, 0.6) is 5.75 Å². The first-order valence-electron chi connectivity index (χ1n) is 11.0. The molecule has 0 N–H and O–H groups in total. The van der Waals surface area contributed by atoms with Crippen molar-refractivity contribution in [2.75, 3.05) is 13.1 Å². The number of ether oxygens (including phenoxy) is 1. The van der Waals surface area contributed by atoms with Gasteiger partial charge in [0.25, 0.3) is 0 Å². The van der Waals surface area contributed by atoms with Crippen LogP contribution in [-0.2, 0) is 4.79 Å². The van der Waals surface area contributed by atoms with Crippen molar-refractivity contribution in [3.05, 3.63) is 42.6 Å². The van der Waals surface area contributed by atoms with Crippen molar-refractivity contribution in [3.8, 4) is 5.75 Å². The summed E-state index contributed by atoms with van der Waals surface area (Å²) in [6.07, 6.45) is 15.6. The Morgan fingerprint density at radius 3 is 2.46 bits per heavy atom. The second kappa shape index (κ2) is 7.65. The van der Waals surface area contributed by atoms with Crippen LogP contribution < -0.4 is 4.74 Å². The number of rotatable bonds is 4. The van der Waals surface area contributed by atoms with Crippen molar-refractivity contribution < 1.29 is 9.53 Å². The van der Waals surface area contributed by atoms with Gasteiger partial charge in [-0.15, -0.1) is 0 Å². The molecule has 4 heteroatoms. The predicted molar refractivity (Wildman–Crippen MR) is 112 cm³/mol. The molecule has 0 radical (unpaired) electrons. The number of aromatic nitrogens is 1. The van der Waals surface area contributed by atoms with Gasteiger partial charge < -0.3 is 14.2 Å². The van der Waals surface area contributed by atoms with Crippen molar-refractivity contribution in [1.29, 1.82) is 0 Å². The smallest absolute Gasteiger partial charge is 0.226 e. The van der Waals surface area contributed by atoms with Crippen molar-refractivity contribution in [2.24, 2.45) is 5.92 Å². The van der Waals surface area contributed by atoms with Gasteiger partial charge in [-0.3, -0.25) is 4.79 Å². The van der Waals surface area contributed by atoms with Crippen molar-refractivity contribution in [1.82, 2.24) is 9.47 Å². The average molecular weight is 379 g/mol. The van der Waals surface area contributed by atoms with E-state index >= 15 is 0 Å². The van der Waals surface area contributed by atoms with Crippen molar-refractivity contribution in [3.63, 3.8) is 0 Å². The number of hydrogen-bond acceptors (Lipinski definition) is 2. The number of fused-ring (bicyclic) bond motifs is 1. The predicted octanol–water partition coefficient (Wildman–Crippen LogP) is 5.09. The van der Waals surface area contributed by atoms with E-state index in [1.54, 1.807) is 0 Å². The fraction of sp³-hybridized carbons (Fsp3) is 0.542. The zero-order valence-corrected chi connectivity index (χ0v) is 16.6. The zero-order chi connectivity index (χ0) is 18.9. The highest BCUT2D eigenvalue weighted by atomic mass is 16.5. The number of piperidine rings is 1. The molecule has 0 unspecified atom stereocenters. The van der Waals surface area contributed by atoms with Crippen LogP contribution in [0, 0.1) is 5.92 Å². The molecule has 28 heavy (non-hydrogen) atoms. The van der Waals surface area contributed by atoms with Gasteiger partial charge in [0.05, 0.1) is 5.52 Å². The topological polar surface area (TPSA) is 34.5 Å². The van der Waals surface area contributed by atoms with Gasteiger partial charge in [0, 0.05) is 49.5 Å². The Morgan fingerprint density at radius 1 is 0.964 bits per heavy atom. The summed E-state index contributed by atoms with van der Waals surface area (Å²) in [5.74, 6) is 1.51. The quantitative estimate of drug-likeness (QED) is 0.694. The third-order valence-corrected chi connectivity index (χ3v) is 6.85. The molecular weight excluding hydrogens is 348 g/mol. The first-order chi connectivity index (χ1) is 13.8. The average Bonchev–Trinajstić information content (AvgIpc) is 3.49. The lowest BCUT2D eigenvalue weighted by Gasteiger charge is -2.33. The highest BCUT2D eigenvalue weighted by Gasteiger charge is 2.29. The van der Waals surface area contributed by atoms with Gasteiger partial charge in [-0.1, -0.05) is 31.1 Å². The molecule has 1 saturated carbocycles. The van der Waals surface area contributed by atoms with Crippen LogP contribution >= 0.6 is 0 Å². The molecule has 0 bridgehead atoms. The summed E-state index contributed by atoms with van der Waals surface area (Å²) in [6, 6.07) is 9.30. The molecule has 3 aliphatic rings. The SMILES string of the molecule is O=C(C1CC=CC1)N1CCC(Oc2cccc3c2ccn3C2CCCC2)CC1. The lowest BCUT2D eigenvalue weighted by atomic mass is 10.0. The number of likely N-dealkylation sites (tertiary alicyclic amines) is 1. The Kier molecular flexibility index (Phi) is 4.87. The van der Waals surface area contributed by atoms with E-state index in [0.717, 1.165) is 44.5 Å². The Morgan fingerprint density at radius 2 is 1.71 bits per heavy atom. The van der Waals surface area contributed by atoms with Crippen LogP contribution in [0.1, 0.15) is 57.4 Å². The monoisotopic (exact) mass is 378 g/mol. The summed E-state index contributed by atoms with van der Waals surface area (Å²) in [7, 11) is 0. The van der Waals surface area contributed by atoms with E-state index in [1.807, 2.05) is 0 Å². The van der Waals surface area contributed by atoms with Crippen molar-refractivity contribution in [2.45, 2.75) is 63.5 Å². The zero-order valence-electron chi connectivity index (χ0n) is 16.6. The standard InChI is InChI=1S/C24H30N2O2/c27-24(18-6-1-2-7-18)25-15-12-20(13-16-25)28-23-11-5-10-22-21(23)14-17-26(22)19-8-3-4-9-19/h1-2,5,10-11,14,17-20H,3-4,6-9,12-13,15-16H2. The molecule has 2 fully saturated rings. The van der Waals surface area contributed by atoms with Crippen molar-refractivity contribution >= 4 is 16.8 Å². The summed E-state index contributed by atoms with van der Waals surface area (Å²) in [4.78, 5) is 14.7. The molecule has 4 nitrogen and oxygen atoms in total. The van der Waals surface area contributed by atoms with Gasteiger partial charge in [0.1, 0.15) is 11.9 Å². The van der Waals surface area contributed by atoms with E-state index in [4.69, 9.17) is 4.74 Å². The molecule has 0 atom stereocenters. The van der Waals surface area contributed by atoms with Gasteiger partial charge in [-0.05, 0) is 43.9 Å². The molecule has 1 aliphatic heterocycles. The van der Waals surface area contributed by atoms with Gasteiger partial charge >= 0.3 is 0 Å². The molecule has 148 valence electrons. The van der Waals surface area contributed by atoms with E-state index in [9.17, 15) is 4.79 Å². The maximum atomic E-state index is 12.6. The van der Waals surface area contributed by atoms with E-state index in [-0.39, 0.29) is 12.0 Å². The molecule has 0 spiro atoms. The molecular formula is C24H30N2O2. The fourth-order valence-electron chi connectivity index (χ4n) is 5.21. The third-order valence-electron chi connectivity index (χ3n) is 6.85. The first-order valence-corrected chi connectivity index (χ1v) is 11.0. The molecule has 1 aromatic heterocycles. The summed E-state index contributed by atoms with van der Waals surface area (Å²) in [5, 5.41) is 1.23. The fourth-order valence-corrected chi connectivity index (χ4v) is 5.21. The number of benzene rings is 1. The number of carbonyl (C=O) groups is 1. The first kappa shape index (κ1) is 17.8. The lowest BCUT2D eigenvalue weighted by Crippen LogP contribution is -2.44. The van der Waals surface area contributed by atoms with E-state index in [0.29, 0.717) is 11.9 Å². The maximum Gasteiger partial charge on any atom is 0.226 e. The van der Waals surface area contributed by atoms with Gasteiger partial charge in [-0.2, -0.15) is 0 Å². The number of carbonyl (C=O) groups excluding carboxylic acids is 1. The summed E-state index contributed by atoms with van der Waals surface area (Å²) >= 11 is 0. The van der Waals surface area contributed by atoms with Crippen LogP contribution in [0.25, 0.3) is 10.9 Å². The number of allylic oxidation sites excluding steroid dienone is 2. The van der Waals surface area contributed by atoms with Gasteiger partial charge in [0.2, 0.25) is 5.91 Å². The van der Waals surface area contributed by atoms with Crippen LogP contribution in [0.2, 0.25) is 0 Å². The van der Waals surface area contributed by atoms with E-state index in [1.165, 1.54) is 36.6 Å². The molecule has 1 aromatic carbocycles. The Hall–Kier alpha value is -2.23. The number of nitrogens with zero attached hydrogens (tertiary/aromatic N) is 2. The molecule has 2 aliphatic carbocycles. The molecule has 5 rings (SSSR count). The Bertz CT molecular complexity index is 862. The minimum absolute atomic E-state index is 0.182. The second-order valence-electron chi connectivity index (χ2n) is 8.63. The molecule has 2 heterocycles. The maximum absolute atomic E-state index is 12.6. The third kappa shape index (κ3) is 3.34. The Labute approximate surface area is 167 Å². The molecule has 1 saturated heterocycles. The minimum atomic E-state index is 0.182. The minimum Gasteiger partial charge on any atom is -0.490 e. The lowest BCUT2D eigenvalue weighted by molar-refractivity contribution is -0.137. The summed E-state index contributed by atoms with van der Waals surface area (Å²) in [6.45, 7) is 1.64. The molecule has 2 aromatic rings.